The molecule has 124 valence electrons. The van der Waals surface area contributed by atoms with Crippen molar-refractivity contribution in [3.05, 3.63) is 71.4 Å². The van der Waals surface area contributed by atoms with Crippen LogP contribution >= 0.6 is 0 Å². The SMILES string of the molecule is CN=C(NCCc1c[nH]c2ccccc12)NCc1cccc(C)c1. The van der Waals surface area contributed by atoms with Gasteiger partial charge in [0, 0.05) is 37.2 Å². The van der Waals surface area contributed by atoms with Gasteiger partial charge in [0.1, 0.15) is 0 Å². The number of aryl methyl sites for hydroxylation is 1. The van der Waals surface area contributed by atoms with Crippen molar-refractivity contribution in [2.75, 3.05) is 13.6 Å². The second kappa shape index (κ2) is 7.68. The fourth-order valence-corrected chi connectivity index (χ4v) is 2.88. The average molecular weight is 320 g/mol. The highest BCUT2D eigenvalue weighted by atomic mass is 15.2. The van der Waals surface area contributed by atoms with Gasteiger partial charge in [-0.25, -0.2) is 0 Å². The second-order valence-corrected chi connectivity index (χ2v) is 5.95. The minimum atomic E-state index is 0.772. The number of nitrogens with zero attached hydrogens (tertiary/aromatic N) is 1. The van der Waals surface area contributed by atoms with Crippen molar-refractivity contribution in [2.24, 2.45) is 4.99 Å². The normalized spacial score (nSPS) is 11.7. The third-order valence-electron chi connectivity index (χ3n) is 4.13. The first kappa shape index (κ1) is 16.1. The van der Waals surface area contributed by atoms with Crippen LogP contribution in [-0.4, -0.2) is 24.5 Å². The van der Waals surface area contributed by atoms with Gasteiger partial charge < -0.3 is 15.6 Å². The van der Waals surface area contributed by atoms with E-state index in [4.69, 9.17) is 0 Å². The van der Waals surface area contributed by atoms with Gasteiger partial charge in [-0.15, -0.1) is 0 Å². The van der Waals surface area contributed by atoms with E-state index < -0.39 is 0 Å². The molecule has 1 aromatic heterocycles. The summed E-state index contributed by atoms with van der Waals surface area (Å²) >= 11 is 0. The van der Waals surface area contributed by atoms with Crippen molar-refractivity contribution >= 4 is 16.9 Å². The molecule has 0 saturated heterocycles. The smallest absolute Gasteiger partial charge is 0.191 e. The molecule has 4 heteroatoms. The third-order valence-corrected chi connectivity index (χ3v) is 4.13. The Kier molecular flexibility index (Phi) is 5.16. The Morgan fingerprint density at radius 1 is 1.08 bits per heavy atom. The minimum Gasteiger partial charge on any atom is -0.361 e. The summed E-state index contributed by atoms with van der Waals surface area (Å²) in [5, 5.41) is 8.04. The standard InChI is InChI=1S/C20H24N4/c1-15-6-5-7-16(12-15)13-24-20(21-2)22-11-10-17-14-23-19-9-4-3-8-18(17)19/h3-9,12,14,23H,10-11,13H2,1-2H3,(H2,21,22,24). The molecule has 0 atom stereocenters. The van der Waals surface area contributed by atoms with Crippen molar-refractivity contribution in [1.82, 2.24) is 15.6 Å². The van der Waals surface area contributed by atoms with Crippen LogP contribution in [0.4, 0.5) is 0 Å². The van der Waals surface area contributed by atoms with Crippen molar-refractivity contribution in [3.63, 3.8) is 0 Å². The Bertz CT molecular complexity index is 832. The van der Waals surface area contributed by atoms with E-state index in [2.05, 4.69) is 82.3 Å². The van der Waals surface area contributed by atoms with Crippen LogP contribution in [0.3, 0.4) is 0 Å². The minimum absolute atomic E-state index is 0.772. The Hall–Kier alpha value is -2.75. The van der Waals surface area contributed by atoms with Crippen LogP contribution in [0.2, 0.25) is 0 Å². The Labute approximate surface area is 143 Å². The molecule has 0 aliphatic rings. The number of para-hydroxylation sites is 1. The fourth-order valence-electron chi connectivity index (χ4n) is 2.88. The maximum atomic E-state index is 4.29. The van der Waals surface area contributed by atoms with Crippen LogP contribution in [0.25, 0.3) is 10.9 Å². The van der Waals surface area contributed by atoms with Crippen molar-refractivity contribution in [3.8, 4) is 0 Å². The molecule has 3 rings (SSSR count). The number of nitrogens with one attached hydrogen (secondary N) is 3. The zero-order valence-corrected chi connectivity index (χ0v) is 14.3. The molecule has 0 amide bonds. The number of benzene rings is 2. The molecule has 0 radical (unpaired) electrons. The van der Waals surface area contributed by atoms with Gasteiger partial charge in [-0.3, -0.25) is 4.99 Å². The first-order chi connectivity index (χ1) is 11.8. The van der Waals surface area contributed by atoms with Crippen LogP contribution in [0.15, 0.2) is 59.7 Å². The number of rotatable bonds is 5. The molecule has 0 aliphatic heterocycles. The Morgan fingerprint density at radius 3 is 2.79 bits per heavy atom. The Morgan fingerprint density at radius 2 is 1.96 bits per heavy atom. The van der Waals surface area contributed by atoms with Gasteiger partial charge in [-0.1, -0.05) is 48.0 Å². The van der Waals surface area contributed by atoms with E-state index in [-0.39, 0.29) is 0 Å². The summed E-state index contributed by atoms with van der Waals surface area (Å²) < 4.78 is 0. The molecule has 0 aliphatic carbocycles. The summed E-state index contributed by atoms with van der Waals surface area (Å²) in [6.45, 7) is 3.72. The number of fused-ring (bicyclic) bond motifs is 1. The zero-order chi connectivity index (χ0) is 16.8. The van der Waals surface area contributed by atoms with E-state index in [1.807, 2.05) is 0 Å². The zero-order valence-electron chi connectivity index (χ0n) is 14.3. The molecule has 0 spiro atoms. The van der Waals surface area contributed by atoms with E-state index in [9.17, 15) is 0 Å². The van der Waals surface area contributed by atoms with Crippen LogP contribution < -0.4 is 10.6 Å². The molecule has 3 N–H and O–H groups in total. The molecule has 2 aromatic carbocycles. The first-order valence-corrected chi connectivity index (χ1v) is 8.31. The number of hydrogen-bond donors (Lipinski definition) is 3. The van der Waals surface area contributed by atoms with E-state index in [1.165, 1.54) is 27.6 Å². The van der Waals surface area contributed by atoms with E-state index in [0.29, 0.717) is 0 Å². The fraction of sp³-hybridized carbons (Fsp3) is 0.250. The van der Waals surface area contributed by atoms with Gasteiger partial charge in [-0.2, -0.15) is 0 Å². The molecule has 3 aromatic rings. The average Bonchev–Trinajstić information content (AvgIpc) is 3.01. The van der Waals surface area contributed by atoms with E-state index in [0.717, 1.165) is 25.5 Å². The van der Waals surface area contributed by atoms with Crippen molar-refractivity contribution in [2.45, 2.75) is 19.9 Å². The highest BCUT2D eigenvalue weighted by molar-refractivity contribution is 5.83. The summed E-state index contributed by atoms with van der Waals surface area (Å²) in [7, 11) is 1.80. The van der Waals surface area contributed by atoms with Gasteiger partial charge in [0.25, 0.3) is 0 Å². The molecule has 24 heavy (non-hydrogen) atoms. The summed E-state index contributed by atoms with van der Waals surface area (Å²) in [5.41, 5.74) is 5.05. The maximum absolute atomic E-state index is 4.29. The summed E-state index contributed by atoms with van der Waals surface area (Å²) in [6.07, 6.45) is 3.05. The number of aromatic amines is 1. The lowest BCUT2D eigenvalue weighted by molar-refractivity contribution is 0.796. The van der Waals surface area contributed by atoms with E-state index in [1.54, 1.807) is 7.05 Å². The molecule has 1 heterocycles. The summed E-state index contributed by atoms with van der Waals surface area (Å²) in [5.74, 6) is 0.830. The maximum Gasteiger partial charge on any atom is 0.191 e. The third kappa shape index (κ3) is 3.96. The predicted octanol–water partition coefficient (Wildman–Crippen LogP) is 3.38. The Balaban J connectivity index is 1.51. The molecule has 4 nitrogen and oxygen atoms in total. The lowest BCUT2D eigenvalue weighted by Crippen LogP contribution is -2.37. The van der Waals surface area contributed by atoms with Crippen molar-refractivity contribution < 1.29 is 0 Å². The lowest BCUT2D eigenvalue weighted by Gasteiger charge is -2.12. The largest absolute Gasteiger partial charge is 0.361 e. The van der Waals surface area contributed by atoms with Crippen LogP contribution in [-0.2, 0) is 13.0 Å². The molecular weight excluding hydrogens is 296 g/mol. The number of aliphatic imine (C=N–C) groups is 1. The molecule has 0 bridgehead atoms. The van der Waals surface area contributed by atoms with Gasteiger partial charge >= 0.3 is 0 Å². The second-order valence-electron chi connectivity index (χ2n) is 5.95. The number of aromatic nitrogens is 1. The lowest BCUT2D eigenvalue weighted by atomic mass is 10.1. The predicted molar refractivity (Wildman–Crippen MR) is 101 cm³/mol. The van der Waals surface area contributed by atoms with Crippen LogP contribution in [0, 0.1) is 6.92 Å². The molecule has 0 fully saturated rings. The highest BCUT2D eigenvalue weighted by Crippen LogP contribution is 2.17. The number of guanidine groups is 1. The quantitative estimate of drug-likeness (QED) is 0.498. The first-order valence-electron chi connectivity index (χ1n) is 8.31. The summed E-state index contributed by atoms with van der Waals surface area (Å²) in [6, 6.07) is 16.9. The highest BCUT2D eigenvalue weighted by Gasteiger charge is 2.03. The molecular formula is C20H24N4. The monoisotopic (exact) mass is 320 g/mol. The van der Waals surface area contributed by atoms with Gasteiger partial charge in [0.05, 0.1) is 0 Å². The van der Waals surface area contributed by atoms with Gasteiger partial charge in [0.15, 0.2) is 5.96 Å². The van der Waals surface area contributed by atoms with Gasteiger partial charge in [0.2, 0.25) is 0 Å². The molecule has 0 unspecified atom stereocenters. The summed E-state index contributed by atoms with van der Waals surface area (Å²) in [4.78, 5) is 7.61. The van der Waals surface area contributed by atoms with Crippen molar-refractivity contribution in [1.29, 1.82) is 0 Å². The molecule has 0 saturated carbocycles. The topological polar surface area (TPSA) is 52.2 Å². The van der Waals surface area contributed by atoms with E-state index >= 15 is 0 Å². The van der Waals surface area contributed by atoms with Crippen LogP contribution in [0.5, 0.6) is 0 Å². The number of hydrogen-bond acceptors (Lipinski definition) is 1. The van der Waals surface area contributed by atoms with Crippen LogP contribution in [0.1, 0.15) is 16.7 Å². The van der Waals surface area contributed by atoms with Gasteiger partial charge in [-0.05, 0) is 30.5 Å². The number of H-pyrrole nitrogens is 1.